The molecule has 2 heterocycles. The van der Waals surface area contributed by atoms with Gasteiger partial charge in [-0.25, -0.2) is 9.97 Å². The van der Waals surface area contributed by atoms with E-state index >= 15 is 0 Å². The van der Waals surface area contributed by atoms with E-state index in [0.717, 1.165) is 17.7 Å². The monoisotopic (exact) mass is 175 g/mol. The van der Waals surface area contributed by atoms with Gasteiger partial charge in [-0.05, 0) is 25.0 Å². The number of hydrogen-bond acceptors (Lipinski definition) is 3. The lowest BCUT2D eigenvalue weighted by Crippen LogP contribution is -2.22. The second-order valence-electron chi connectivity index (χ2n) is 3.30. The molecule has 1 aliphatic rings. The summed E-state index contributed by atoms with van der Waals surface area (Å²) in [6, 6.07) is 0.422. The van der Waals surface area contributed by atoms with Crippen LogP contribution in [0.4, 0.5) is 0 Å². The Labute approximate surface area is 77.9 Å². The van der Waals surface area contributed by atoms with Gasteiger partial charge in [-0.2, -0.15) is 0 Å². The van der Waals surface area contributed by atoms with E-state index in [2.05, 4.69) is 21.9 Å². The summed E-state index contributed by atoms with van der Waals surface area (Å²) in [5, 5.41) is 3.40. The Morgan fingerprint density at radius 1 is 1.46 bits per heavy atom. The van der Waals surface area contributed by atoms with Gasteiger partial charge < -0.3 is 5.32 Å². The van der Waals surface area contributed by atoms with E-state index in [1.165, 1.54) is 12.8 Å². The lowest BCUT2D eigenvalue weighted by atomic mass is 10.0. The molecular formula is C10H13N3. The second-order valence-corrected chi connectivity index (χ2v) is 3.30. The highest BCUT2D eigenvalue weighted by Crippen LogP contribution is 2.20. The van der Waals surface area contributed by atoms with E-state index in [9.17, 15) is 0 Å². The maximum Gasteiger partial charge on any atom is 0.115 e. The zero-order valence-electron chi connectivity index (χ0n) is 7.53. The van der Waals surface area contributed by atoms with Crippen molar-refractivity contribution in [3.05, 3.63) is 30.9 Å². The average Bonchev–Trinajstić information content (AvgIpc) is 2.71. The van der Waals surface area contributed by atoms with Crippen LogP contribution in [0.25, 0.3) is 5.57 Å². The van der Waals surface area contributed by atoms with Gasteiger partial charge in [0.1, 0.15) is 6.33 Å². The number of nitrogens with zero attached hydrogens (tertiary/aromatic N) is 2. The molecule has 1 saturated heterocycles. The molecule has 1 aliphatic heterocycles. The molecule has 13 heavy (non-hydrogen) atoms. The Bertz CT molecular complexity index is 288. The summed E-state index contributed by atoms with van der Waals surface area (Å²) < 4.78 is 0. The van der Waals surface area contributed by atoms with Crippen LogP contribution in [0.3, 0.4) is 0 Å². The molecule has 3 nitrogen and oxygen atoms in total. The fourth-order valence-corrected chi connectivity index (χ4v) is 1.65. The predicted octanol–water partition coefficient (Wildman–Crippen LogP) is 1.24. The van der Waals surface area contributed by atoms with Crippen LogP contribution in [0.1, 0.15) is 18.4 Å². The van der Waals surface area contributed by atoms with Crippen LogP contribution in [0.2, 0.25) is 0 Å². The fraction of sp³-hybridized carbons (Fsp3) is 0.400. The molecule has 0 unspecified atom stereocenters. The Morgan fingerprint density at radius 2 is 2.23 bits per heavy atom. The highest BCUT2D eigenvalue weighted by molar-refractivity contribution is 5.66. The van der Waals surface area contributed by atoms with Crippen LogP contribution in [0.5, 0.6) is 0 Å². The van der Waals surface area contributed by atoms with Crippen molar-refractivity contribution in [3.8, 4) is 0 Å². The number of nitrogens with one attached hydrogen (secondary N) is 1. The summed E-state index contributed by atoms with van der Waals surface area (Å²) >= 11 is 0. The van der Waals surface area contributed by atoms with Gasteiger partial charge in [0.25, 0.3) is 0 Å². The SMILES string of the molecule is C=C(c1cncnc1)[C@H]1CCCN1. The minimum atomic E-state index is 0.422. The van der Waals surface area contributed by atoms with E-state index in [1.807, 2.05) is 12.4 Å². The predicted molar refractivity (Wildman–Crippen MR) is 52.1 cm³/mol. The highest BCUT2D eigenvalue weighted by Gasteiger charge is 2.18. The standard InChI is InChI=1S/C10H13N3/c1-8(10-3-2-4-13-10)9-5-11-7-12-6-9/h5-7,10,13H,1-4H2/t10-/m1/s1. The van der Waals surface area contributed by atoms with Crippen LogP contribution in [0, 0.1) is 0 Å². The minimum Gasteiger partial charge on any atom is -0.310 e. The molecule has 1 aromatic rings. The Morgan fingerprint density at radius 3 is 2.85 bits per heavy atom. The molecule has 1 N–H and O–H groups in total. The smallest absolute Gasteiger partial charge is 0.115 e. The van der Waals surface area contributed by atoms with Crippen LogP contribution in [-0.2, 0) is 0 Å². The van der Waals surface area contributed by atoms with E-state index in [0.29, 0.717) is 6.04 Å². The van der Waals surface area contributed by atoms with Crippen molar-refractivity contribution in [1.82, 2.24) is 15.3 Å². The molecule has 68 valence electrons. The van der Waals surface area contributed by atoms with Gasteiger partial charge in [0, 0.05) is 24.0 Å². The van der Waals surface area contributed by atoms with Crippen LogP contribution in [-0.4, -0.2) is 22.6 Å². The van der Waals surface area contributed by atoms with Gasteiger partial charge in [0.05, 0.1) is 0 Å². The quantitative estimate of drug-likeness (QED) is 0.735. The van der Waals surface area contributed by atoms with E-state index in [-0.39, 0.29) is 0 Å². The first kappa shape index (κ1) is 8.38. The zero-order chi connectivity index (χ0) is 9.10. The first-order valence-corrected chi connectivity index (χ1v) is 4.55. The number of rotatable bonds is 2. The Balaban J connectivity index is 2.13. The molecule has 3 heteroatoms. The number of hydrogen-bond donors (Lipinski definition) is 1. The first-order valence-electron chi connectivity index (χ1n) is 4.55. The molecule has 0 radical (unpaired) electrons. The third kappa shape index (κ3) is 1.75. The van der Waals surface area contributed by atoms with Crippen molar-refractivity contribution in [2.24, 2.45) is 0 Å². The molecule has 1 fully saturated rings. The van der Waals surface area contributed by atoms with Crippen molar-refractivity contribution in [2.45, 2.75) is 18.9 Å². The van der Waals surface area contributed by atoms with E-state index in [4.69, 9.17) is 0 Å². The maximum absolute atomic E-state index is 4.06. The Hall–Kier alpha value is -1.22. The summed E-state index contributed by atoms with van der Waals surface area (Å²) in [4.78, 5) is 7.95. The van der Waals surface area contributed by atoms with Crippen LogP contribution < -0.4 is 5.32 Å². The normalized spacial score (nSPS) is 21.7. The summed E-state index contributed by atoms with van der Waals surface area (Å²) in [7, 11) is 0. The minimum absolute atomic E-state index is 0.422. The van der Waals surface area contributed by atoms with Gasteiger partial charge >= 0.3 is 0 Å². The zero-order valence-corrected chi connectivity index (χ0v) is 7.53. The topological polar surface area (TPSA) is 37.8 Å². The lowest BCUT2D eigenvalue weighted by molar-refractivity contribution is 0.744. The molecule has 0 spiro atoms. The molecule has 1 aromatic heterocycles. The van der Waals surface area contributed by atoms with Crippen LogP contribution >= 0.6 is 0 Å². The van der Waals surface area contributed by atoms with Crippen molar-refractivity contribution < 1.29 is 0 Å². The van der Waals surface area contributed by atoms with Crippen molar-refractivity contribution >= 4 is 5.57 Å². The molecule has 0 bridgehead atoms. The fourth-order valence-electron chi connectivity index (χ4n) is 1.65. The third-order valence-corrected chi connectivity index (χ3v) is 2.41. The summed E-state index contributed by atoms with van der Waals surface area (Å²) in [6.07, 6.45) is 7.58. The number of aromatic nitrogens is 2. The van der Waals surface area contributed by atoms with E-state index in [1.54, 1.807) is 6.33 Å². The largest absolute Gasteiger partial charge is 0.310 e. The first-order chi connectivity index (χ1) is 6.38. The van der Waals surface area contributed by atoms with Gasteiger partial charge in [-0.15, -0.1) is 0 Å². The summed E-state index contributed by atoms with van der Waals surface area (Å²) in [6.45, 7) is 5.16. The van der Waals surface area contributed by atoms with Crippen molar-refractivity contribution in [3.63, 3.8) is 0 Å². The van der Waals surface area contributed by atoms with Gasteiger partial charge in [-0.3, -0.25) is 0 Å². The second kappa shape index (κ2) is 3.66. The van der Waals surface area contributed by atoms with Crippen molar-refractivity contribution in [2.75, 3.05) is 6.54 Å². The molecule has 0 saturated carbocycles. The Kier molecular flexibility index (Phi) is 2.36. The molecule has 1 atom stereocenters. The molecule has 0 aromatic carbocycles. The summed E-state index contributed by atoms with van der Waals surface area (Å²) in [5.41, 5.74) is 2.15. The van der Waals surface area contributed by atoms with Crippen LogP contribution in [0.15, 0.2) is 25.3 Å². The van der Waals surface area contributed by atoms with Gasteiger partial charge in [-0.1, -0.05) is 6.58 Å². The average molecular weight is 175 g/mol. The van der Waals surface area contributed by atoms with Gasteiger partial charge in [0.2, 0.25) is 0 Å². The molecule has 0 aliphatic carbocycles. The van der Waals surface area contributed by atoms with Gasteiger partial charge in [0.15, 0.2) is 0 Å². The molecule has 2 rings (SSSR count). The lowest BCUT2D eigenvalue weighted by Gasteiger charge is -2.12. The summed E-state index contributed by atoms with van der Waals surface area (Å²) in [5.74, 6) is 0. The van der Waals surface area contributed by atoms with Crippen molar-refractivity contribution in [1.29, 1.82) is 0 Å². The highest BCUT2D eigenvalue weighted by atomic mass is 14.9. The molecular weight excluding hydrogens is 162 g/mol. The van der Waals surface area contributed by atoms with E-state index < -0.39 is 0 Å². The maximum atomic E-state index is 4.06. The third-order valence-electron chi connectivity index (χ3n) is 2.41. The molecule has 0 amide bonds.